The van der Waals surface area contributed by atoms with Crippen LogP contribution < -0.4 is 4.74 Å². The predicted molar refractivity (Wildman–Crippen MR) is 73.9 cm³/mol. The molecule has 0 saturated carbocycles. The van der Waals surface area contributed by atoms with Gasteiger partial charge in [-0.25, -0.2) is 4.79 Å². The third kappa shape index (κ3) is 3.48. The van der Waals surface area contributed by atoms with Crippen molar-refractivity contribution in [3.63, 3.8) is 0 Å². The van der Waals surface area contributed by atoms with Gasteiger partial charge in [-0.2, -0.15) is 0 Å². The van der Waals surface area contributed by atoms with Gasteiger partial charge >= 0.3 is 5.97 Å². The number of hydrogen-bond acceptors (Lipinski definition) is 2. The van der Waals surface area contributed by atoms with Crippen LogP contribution >= 0.6 is 11.6 Å². The van der Waals surface area contributed by atoms with Gasteiger partial charge in [0.2, 0.25) is 0 Å². The lowest BCUT2D eigenvalue weighted by Gasteiger charge is -2.10. The molecule has 0 unspecified atom stereocenters. The first-order valence-corrected chi connectivity index (χ1v) is 6.15. The van der Waals surface area contributed by atoms with Crippen LogP contribution in [0.1, 0.15) is 21.5 Å². The molecule has 0 aliphatic rings. The standard InChI is InChI=1S/C15H13ClO3/c1-10-3-2-4-11(7-10)9-19-14-6-5-12(16)8-13(14)15(17)18/h2-8H,9H2,1H3,(H,17,18). The van der Waals surface area contributed by atoms with Gasteiger partial charge in [-0.05, 0) is 30.7 Å². The van der Waals surface area contributed by atoms with Crippen molar-refractivity contribution in [2.24, 2.45) is 0 Å². The SMILES string of the molecule is Cc1cccc(COc2ccc(Cl)cc2C(=O)O)c1. The van der Waals surface area contributed by atoms with E-state index in [9.17, 15) is 4.79 Å². The summed E-state index contributed by atoms with van der Waals surface area (Å²) in [5, 5.41) is 9.47. The first-order valence-electron chi connectivity index (χ1n) is 5.77. The molecule has 0 heterocycles. The highest BCUT2D eigenvalue weighted by atomic mass is 35.5. The van der Waals surface area contributed by atoms with Gasteiger partial charge in [0.1, 0.15) is 17.9 Å². The molecule has 0 saturated heterocycles. The van der Waals surface area contributed by atoms with Crippen molar-refractivity contribution in [3.8, 4) is 5.75 Å². The van der Waals surface area contributed by atoms with Crippen molar-refractivity contribution in [3.05, 3.63) is 64.2 Å². The Kier molecular flexibility index (Phi) is 4.07. The summed E-state index contributed by atoms with van der Waals surface area (Å²) >= 11 is 5.78. The quantitative estimate of drug-likeness (QED) is 0.920. The zero-order valence-electron chi connectivity index (χ0n) is 10.4. The average molecular weight is 277 g/mol. The van der Waals surface area contributed by atoms with Crippen LogP contribution in [-0.4, -0.2) is 11.1 Å². The molecule has 3 nitrogen and oxygen atoms in total. The fourth-order valence-corrected chi connectivity index (χ4v) is 1.93. The number of benzene rings is 2. The van der Waals surface area contributed by atoms with E-state index in [1.54, 1.807) is 12.1 Å². The monoisotopic (exact) mass is 276 g/mol. The molecule has 0 aromatic heterocycles. The molecule has 4 heteroatoms. The van der Waals surface area contributed by atoms with Gasteiger partial charge in [0, 0.05) is 5.02 Å². The van der Waals surface area contributed by atoms with E-state index < -0.39 is 5.97 Å². The Hall–Kier alpha value is -2.00. The first-order chi connectivity index (χ1) is 9.06. The summed E-state index contributed by atoms with van der Waals surface area (Å²) in [7, 11) is 0. The summed E-state index contributed by atoms with van der Waals surface area (Å²) in [5.74, 6) is -0.736. The third-order valence-corrected chi connectivity index (χ3v) is 2.88. The van der Waals surface area contributed by atoms with E-state index >= 15 is 0 Å². The average Bonchev–Trinajstić information content (AvgIpc) is 2.37. The highest BCUT2D eigenvalue weighted by Crippen LogP contribution is 2.24. The molecular weight excluding hydrogens is 264 g/mol. The maximum Gasteiger partial charge on any atom is 0.339 e. The van der Waals surface area contributed by atoms with E-state index in [1.807, 2.05) is 31.2 Å². The number of carboxylic acid groups (broad SMARTS) is 1. The van der Waals surface area contributed by atoms with Crippen LogP contribution in [0.25, 0.3) is 0 Å². The Morgan fingerprint density at radius 3 is 2.74 bits per heavy atom. The van der Waals surface area contributed by atoms with Gasteiger partial charge in [-0.3, -0.25) is 0 Å². The number of carbonyl (C=O) groups is 1. The summed E-state index contributed by atoms with van der Waals surface area (Å²) in [6, 6.07) is 12.4. The molecule has 19 heavy (non-hydrogen) atoms. The lowest BCUT2D eigenvalue weighted by molar-refractivity contribution is 0.0691. The van der Waals surface area contributed by atoms with Crippen LogP contribution in [0.15, 0.2) is 42.5 Å². The molecule has 0 radical (unpaired) electrons. The van der Waals surface area contributed by atoms with Crippen LogP contribution in [0.3, 0.4) is 0 Å². The normalized spacial score (nSPS) is 10.2. The van der Waals surface area contributed by atoms with E-state index in [2.05, 4.69) is 0 Å². The number of hydrogen-bond donors (Lipinski definition) is 1. The highest BCUT2D eigenvalue weighted by molar-refractivity contribution is 6.31. The first kappa shape index (κ1) is 13.4. The van der Waals surface area contributed by atoms with Crippen LogP contribution in [-0.2, 0) is 6.61 Å². The summed E-state index contributed by atoms with van der Waals surface area (Å²) in [5.41, 5.74) is 2.20. The predicted octanol–water partition coefficient (Wildman–Crippen LogP) is 3.93. The van der Waals surface area contributed by atoms with Crippen molar-refractivity contribution in [1.82, 2.24) is 0 Å². The van der Waals surface area contributed by atoms with Gasteiger partial charge in [0.25, 0.3) is 0 Å². The van der Waals surface area contributed by atoms with Gasteiger partial charge in [-0.1, -0.05) is 41.4 Å². The van der Waals surface area contributed by atoms with E-state index in [4.69, 9.17) is 21.4 Å². The second-order valence-electron chi connectivity index (χ2n) is 4.22. The van der Waals surface area contributed by atoms with Gasteiger partial charge in [-0.15, -0.1) is 0 Å². The van der Waals surface area contributed by atoms with Gasteiger partial charge < -0.3 is 9.84 Å². The van der Waals surface area contributed by atoms with Crippen molar-refractivity contribution in [2.45, 2.75) is 13.5 Å². The zero-order chi connectivity index (χ0) is 13.8. The summed E-state index contributed by atoms with van der Waals surface area (Å²) < 4.78 is 5.56. The lowest BCUT2D eigenvalue weighted by atomic mass is 10.1. The van der Waals surface area contributed by atoms with E-state index in [-0.39, 0.29) is 5.56 Å². The molecule has 0 aliphatic carbocycles. The molecule has 0 bridgehead atoms. The van der Waals surface area contributed by atoms with Crippen molar-refractivity contribution in [1.29, 1.82) is 0 Å². The van der Waals surface area contributed by atoms with E-state index in [1.165, 1.54) is 6.07 Å². The Morgan fingerprint density at radius 2 is 2.05 bits per heavy atom. The van der Waals surface area contributed by atoms with Gasteiger partial charge in [0.15, 0.2) is 0 Å². The number of aryl methyl sites for hydroxylation is 1. The number of carboxylic acids is 1. The van der Waals surface area contributed by atoms with Crippen LogP contribution in [0.4, 0.5) is 0 Å². The fourth-order valence-electron chi connectivity index (χ4n) is 1.76. The molecule has 0 atom stereocenters. The molecule has 0 aliphatic heterocycles. The van der Waals surface area contributed by atoms with E-state index in [0.29, 0.717) is 17.4 Å². The maximum absolute atomic E-state index is 11.1. The minimum absolute atomic E-state index is 0.0696. The number of ether oxygens (including phenoxy) is 1. The molecule has 0 amide bonds. The van der Waals surface area contributed by atoms with E-state index in [0.717, 1.165) is 11.1 Å². The van der Waals surface area contributed by atoms with Crippen molar-refractivity contribution >= 4 is 17.6 Å². The fraction of sp³-hybridized carbons (Fsp3) is 0.133. The second kappa shape index (κ2) is 5.76. The second-order valence-corrected chi connectivity index (χ2v) is 4.66. The Morgan fingerprint density at radius 1 is 1.26 bits per heavy atom. The van der Waals surface area contributed by atoms with Crippen LogP contribution in [0.2, 0.25) is 5.02 Å². The Labute approximate surface area is 116 Å². The minimum Gasteiger partial charge on any atom is -0.488 e. The van der Waals surface area contributed by atoms with Crippen molar-refractivity contribution < 1.29 is 14.6 Å². The number of halogens is 1. The Bertz CT molecular complexity index is 608. The van der Waals surface area contributed by atoms with Crippen LogP contribution in [0, 0.1) is 6.92 Å². The largest absolute Gasteiger partial charge is 0.488 e. The lowest BCUT2D eigenvalue weighted by Crippen LogP contribution is -2.03. The molecular formula is C15H13ClO3. The highest BCUT2D eigenvalue weighted by Gasteiger charge is 2.12. The molecule has 2 rings (SSSR count). The topological polar surface area (TPSA) is 46.5 Å². The molecule has 98 valence electrons. The Balaban J connectivity index is 2.17. The minimum atomic E-state index is -1.05. The molecule has 2 aromatic carbocycles. The molecule has 0 fully saturated rings. The smallest absolute Gasteiger partial charge is 0.339 e. The van der Waals surface area contributed by atoms with Crippen molar-refractivity contribution in [2.75, 3.05) is 0 Å². The molecule has 1 N–H and O–H groups in total. The summed E-state index contributed by atoms with van der Waals surface area (Å²) in [6.45, 7) is 2.32. The maximum atomic E-state index is 11.1. The third-order valence-electron chi connectivity index (χ3n) is 2.65. The summed E-state index contributed by atoms with van der Waals surface area (Å²) in [4.78, 5) is 11.1. The number of rotatable bonds is 4. The zero-order valence-corrected chi connectivity index (χ0v) is 11.1. The van der Waals surface area contributed by atoms with Crippen LogP contribution in [0.5, 0.6) is 5.75 Å². The van der Waals surface area contributed by atoms with Gasteiger partial charge in [0.05, 0.1) is 0 Å². The molecule has 0 spiro atoms. The summed E-state index contributed by atoms with van der Waals surface area (Å²) in [6.07, 6.45) is 0. The number of aromatic carboxylic acids is 1. The molecule has 2 aromatic rings.